The number of nitrogens with one attached hydrogen (secondary N) is 2. The Hall–Kier alpha value is -3.43. The van der Waals surface area contributed by atoms with E-state index in [-0.39, 0.29) is 24.2 Å². The first kappa shape index (κ1) is 20.9. The molecule has 0 saturated carbocycles. The number of carbonyl (C=O) groups is 1. The molecule has 0 aromatic heterocycles. The topological polar surface area (TPSA) is 98.0 Å². The van der Waals surface area contributed by atoms with Crippen LogP contribution in [0.25, 0.3) is 0 Å². The Bertz CT molecular complexity index is 852. The van der Waals surface area contributed by atoms with Gasteiger partial charge in [0.25, 0.3) is 0 Å². The summed E-state index contributed by atoms with van der Waals surface area (Å²) in [7, 11) is 1.49. The second-order valence-corrected chi connectivity index (χ2v) is 5.61. The van der Waals surface area contributed by atoms with Gasteiger partial charge in [-0.25, -0.2) is 4.99 Å². The smallest absolute Gasteiger partial charge is 0.495 e. The van der Waals surface area contributed by atoms with E-state index in [1.807, 2.05) is 0 Å². The predicted octanol–water partition coefficient (Wildman–Crippen LogP) is 3.48. The minimum absolute atomic E-state index is 0.0707. The molecule has 2 aromatic rings. The van der Waals surface area contributed by atoms with Crippen molar-refractivity contribution in [3.63, 3.8) is 0 Å². The number of hydrogen-bond acceptors (Lipinski definition) is 4. The highest BCUT2D eigenvalue weighted by Gasteiger charge is 2.30. The number of nitrogens with zero attached hydrogens (tertiary/aromatic N) is 1. The van der Waals surface area contributed by atoms with Gasteiger partial charge in [0.2, 0.25) is 5.91 Å². The molecule has 0 unspecified atom stereocenters. The molecule has 0 aliphatic rings. The summed E-state index contributed by atoms with van der Waals surface area (Å²) < 4.78 is 45.4. The monoisotopic (exact) mass is 396 g/mol. The third-order valence-corrected chi connectivity index (χ3v) is 3.37. The number of alkyl halides is 3. The Morgan fingerprint density at radius 3 is 2.39 bits per heavy atom. The fourth-order valence-electron chi connectivity index (χ4n) is 2.24. The van der Waals surface area contributed by atoms with Gasteiger partial charge in [-0.2, -0.15) is 0 Å². The zero-order valence-electron chi connectivity index (χ0n) is 15.1. The average Bonchev–Trinajstić information content (AvgIpc) is 2.60. The Kier molecular flexibility index (Phi) is 6.69. The summed E-state index contributed by atoms with van der Waals surface area (Å²) in [6.45, 7) is 1.60. The van der Waals surface area contributed by atoms with Crippen molar-refractivity contribution in [2.45, 2.75) is 19.8 Å². The van der Waals surface area contributed by atoms with Crippen molar-refractivity contribution in [3.05, 3.63) is 48.0 Å². The van der Waals surface area contributed by atoms with E-state index in [0.717, 1.165) is 17.7 Å². The van der Waals surface area contributed by atoms with Crippen LogP contribution < -0.4 is 25.8 Å². The standard InChI is InChI=1S/C18H19F3N4O3/c1-11(26)24-15-9-12(3-8-16(15)27-2)10-23-17(22)25-13-4-6-14(7-5-13)28-18(19,20)21/h3-9H,10H2,1-2H3,(H,24,26)(H3,22,23,25). The van der Waals surface area contributed by atoms with Crippen LogP contribution in [0.3, 0.4) is 0 Å². The fourth-order valence-corrected chi connectivity index (χ4v) is 2.24. The summed E-state index contributed by atoms with van der Waals surface area (Å²) >= 11 is 0. The highest BCUT2D eigenvalue weighted by Crippen LogP contribution is 2.26. The summed E-state index contributed by atoms with van der Waals surface area (Å²) in [5.74, 6) is 0.00644. The molecule has 0 atom stereocenters. The normalized spacial score (nSPS) is 11.7. The molecule has 2 aromatic carbocycles. The third-order valence-electron chi connectivity index (χ3n) is 3.37. The number of methoxy groups -OCH3 is 1. The van der Waals surface area contributed by atoms with Gasteiger partial charge in [0.1, 0.15) is 11.5 Å². The number of nitrogens with two attached hydrogens (primary N) is 1. The minimum Gasteiger partial charge on any atom is -0.495 e. The lowest BCUT2D eigenvalue weighted by Gasteiger charge is -2.11. The molecule has 10 heteroatoms. The van der Waals surface area contributed by atoms with Gasteiger partial charge in [-0.05, 0) is 42.0 Å². The van der Waals surface area contributed by atoms with Crippen LogP contribution in [0.15, 0.2) is 47.5 Å². The van der Waals surface area contributed by atoms with Crippen molar-refractivity contribution in [2.75, 3.05) is 17.7 Å². The predicted molar refractivity (Wildman–Crippen MR) is 99.4 cm³/mol. The molecular weight excluding hydrogens is 377 g/mol. The molecule has 0 bridgehead atoms. The first-order valence-corrected chi connectivity index (χ1v) is 8.03. The first-order chi connectivity index (χ1) is 13.2. The van der Waals surface area contributed by atoms with Gasteiger partial charge < -0.3 is 25.8 Å². The van der Waals surface area contributed by atoms with Crippen LogP contribution in [-0.4, -0.2) is 25.3 Å². The van der Waals surface area contributed by atoms with E-state index < -0.39 is 6.36 Å². The molecule has 2 rings (SSSR count). The summed E-state index contributed by atoms with van der Waals surface area (Å²) in [4.78, 5) is 15.4. The SMILES string of the molecule is COc1ccc(CN=C(N)Nc2ccc(OC(F)(F)F)cc2)cc1NC(C)=O. The Morgan fingerprint density at radius 1 is 1.14 bits per heavy atom. The molecule has 0 radical (unpaired) electrons. The molecule has 0 heterocycles. The van der Waals surface area contributed by atoms with Crippen molar-refractivity contribution >= 4 is 23.2 Å². The zero-order valence-corrected chi connectivity index (χ0v) is 15.1. The van der Waals surface area contributed by atoms with Gasteiger partial charge >= 0.3 is 6.36 Å². The van der Waals surface area contributed by atoms with Gasteiger partial charge in [0, 0.05) is 12.6 Å². The van der Waals surface area contributed by atoms with E-state index in [9.17, 15) is 18.0 Å². The molecule has 4 N–H and O–H groups in total. The molecule has 0 aliphatic heterocycles. The number of hydrogen-bond donors (Lipinski definition) is 3. The molecule has 28 heavy (non-hydrogen) atoms. The van der Waals surface area contributed by atoms with E-state index in [2.05, 4.69) is 20.4 Å². The second-order valence-electron chi connectivity index (χ2n) is 5.61. The van der Waals surface area contributed by atoms with Gasteiger partial charge in [-0.3, -0.25) is 4.79 Å². The Morgan fingerprint density at radius 2 is 1.82 bits per heavy atom. The van der Waals surface area contributed by atoms with Crippen molar-refractivity contribution in [1.29, 1.82) is 0 Å². The molecule has 150 valence electrons. The molecule has 0 spiro atoms. The number of rotatable bonds is 6. The molecule has 0 saturated heterocycles. The molecule has 0 aliphatic carbocycles. The van der Waals surface area contributed by atoms with Crippen molar-refractivity contribution in [2.24, 2.45) is 10.7 Å². The Labute approximate surface area is 159 Å². The number of anilines is 2. The fraction of sp³-hybridized carbons (Fsp3) is 0.222. The summed E-state index contributed by atoms with van der Waals surface area (Å²) in [6.07, 6.45) is -4.75. The molecule has 0 fully saturated rings. The van der Waals surface area contributed by atoms with Gasteiger partial charge in [0.15, 0.2) is 5.96 Å². The van der Waals surface area contributed by atoms with Crippen molar-refractivity contribution < 1.29 is 27.4 Å². The van der Waals surface area contributed by atoms with Crippen molar-refractivity contribution in [1.82, 2.24) is 0 Å². The minimum atomic E-state index is -4.75. The lowest BCUT2D eigenvalue weighted by molar-refractivity contribution is -0.274. The van der Waals surface area contributed by atoms with E-state index in [1.54, 1.807) is 18.2 Å². The van der Waals surface area contributed by atoms with E-state index in [4.69, 9.17) is 10.5 Å². The van der Waals surface area contributed by atoms with Crippen molar-refractivity contribution in [3.8, 4) is 11.5 Å². The second kappa shape index (κ2) is 8.98. The average molecular weight is 396 g/mol. The van der Waals surface area contributed by atoms with Crippen LogP contribution in [-0.2, 0) is 11.3 Å². The van der Waals surface area contributed by atoms with Crippen LogP contribution in [0.4, 0.5) is 24.5 Å². The van der Waals surface area contributed by atoms with Crippen LogP contribution in [0.1, 0.15) is 12.5 Å². The van der Waals surface area contributed by atoms with Gasteiger partial charge in [-0.1, -0.05) is 6.07 Å². The maximum Gasteiger partial charge on any atom is 0.573 e. The number of ether oxygens (including phenoxy) is 2. The number of aliphatic imine (C=N–C) groups is 1. The highest BCUT2D eigenvalue weighted by molar-refractivity contribution is 5.92. The molecule has 7 nitrogen and oxygen atoms in total. The van der Waals surface area contributed by atoms with Crippen LogP contribution in [0.2, 0.25) is 0 Å². The molecule has 1 amide bonds. The Balaban J connectivity index is 2.01. The maximum atomic E-state index is 12.2. The zero-order chi connectivity index (χ0) is 20.7. The van der Waals surface area contributed by atoms with Crippen LogP contribution in [0, 0.1) is 0 Å². The summed E-state index contributed by atoms with van der Waals surface area (Å²) in [6, 6.07) is 10.2. The van der Waals surface area contributed by atoms with E-state index in [0.29, 0.717) is 17.1 Å². The number of halogens is 3. The summed E-state index contributed by atoms with van der Waals surface area (Å²) in [5.41, 5.74) is 7.53. The number of guanidine groups is 1. The largest absolute Gasteiger partial charge is 0.573 e. The van der Waals surface area contributed by atoms with E-state index in [1.165, 1.54) is 26.2 Å². The lowest BCUT2D eigenvalue weighted by atomic mass is 10.2. The van der Waals surface area contributed by atoms with Gasteiger partial charge in [-0.15, -0.1) is 13.2 Å². The number of benzene rings is 2. The first-order valence-electron chi connectivity index (χ1n) is 8.03. The number of amides is 1. The molecular formula is C18H19F3N4O3. The number of carbonyl (C=O) groups excluding carboxylic acids is 1. The van der Waals surface area contributed by atoms with Crippen LogP contribution >= 0.6 is 0 Å². The van der Waals surface area contributed by atoms with Crippen LogP contribution in [0.5, 0.6) is 11.5 Å². The maximum absolute atomic E-state index is 12.2. The highest BCUT2D eigenvalue weighted by atomic mass is 19.4. The lowest BCUT2D eigenvalue weighted by Crippen LogP contribution is -2.22. The quantitative estimate of drug-likeness (QED) is 0.513. The van der Waals surface area contributed by atoms with Gasteiger partial charge in [0.05, 0.1) is 19.3 Å². The summed E-state index contributed by atoms with van der Waals surface area (Å²) in [5, 5.41) is 5.43. The van der Waals surface area contributed by atoms with E-state index >= 15 is 0 Å². The third kappa shape index (κ3) is 6.71.